The Morgan fingerprint density at radius 3 is 2.67 bits per heavy atom. The Kier molecular flexibility index (Phi) is 4.21. The molecule has 0 aromatic heterocycles. The molecule has 104 valence electrons. The Morgan fingerprint density at radius 2 is 1.94 bits per heavy atom. The maximum absolute atomic E-state index is 6.03. The summed E-state index contributed by atoms with van der Waals surface area (Å²) in [6, 6.07) is 1.48. The van der Waals surface area contributed by atoms with Crippen LogP contribution in [0.2, 0.25) is 0 Å². The summed E-state index contributed by atoms with van der Waals surface area (Å²) >= 11 is 2.07. The molecule has 1 N–H and O–H groups in total. The molecule has 3 atom stereocenters. The maximum Gasteiger partial charge on any atom is 0.0697 e. The van der Waals surface area contributed by atoms with Crippen LogP contribution >= 0.6 is 11.8 Å². The molecule has 3 rings (SSSR count). The van der Waals surface area contributed by atoms with Gasteiger partial charge in [-0.3, -0.25) is 0 Å². The molecule has 2 saturated carbocycles. The van der Waals surface area contributed by atoms with Gasteiger partial charge in [0.15, 0.2) is 0 Å². The van der Waals surface area contributed by atoms with Crippen LogP contribution in [0.15, 0.2) is 0 Å². The zero-order chi connectivity index (χ0) is 12.4. The quantitative estimate of drug-likeness (QED) is 0.849. The highest BCUT2D eigenvalue weighted by Gasteiger charge is 2.43. The second-order valence-corrected chi connectivity index (χ2v) is 7.48. The molecule has 1 heterocycles. The fourth-order valence-corrected chi connectivity index (χ4v) is 4.91. The maximum atomic E-state index is 6.03. The number of rotatable bonds is 3. The number of thioether (sulfide) groups is 1. The van der Waals surface area contributed by atoms with Crippen LogP contribution in [0.25, 0.3) is 0 Å². The Bertz CT molecular complexity index is 280. The van der Waals surface area contributed by atoms with Crippen molar-refractivity contribution >= 4 is 11.8 Å². The molecule has 0 aromatic rings. The highest BCUT2D eigenvalue weighted by Crippen LogP contribution is 2.42. The predicted molar refractivity (Wildman–Crippen MR) is 78.3 cm³/mol. The topological polar surface area (TPSA) is 21.3 Å². The van der Waals surface area contributed by atoms with Gasteiger partial charge in [-0.05, 0) is 51.2 Å². The van der Waals surface area contributed by atoms with E-state index in [0.29, 0.717) is 5.60 Å². The summed E-state index contributed by atoms with van der Waals surface area (Å²) in [5.41, 5.74) is 0.291. The highest BCUT2D eigenvalue weighted by molar-refractivity contribution is 7.99. The number of hydrogen-bond acceptors (Lipinski definition) is 3. The number of nitrogens with one attached hydrogen (secondary N) is 1. The van der Waals surface area contributed by atoms with Gasteiger partial charge in [-0.1, -0.05) is 12.8 Å². The largest absolute Gasteiger partial charge is 0.375 e. The number of ether oxygens (including phenoxy) is 1. The van der Waals surface area contributed by atoms with E-state index in [-0.39, 0.29) is 0 Å². The molecule has 1 aliphatic heterocycles. The van der Waals surface area contributed by atoms with Crippen molar-refractivity contribution in [2.24, 2.45) is 0 Å². The monoisotopic (exact) mass is 269 g/mol. The Balaban J connectivity index is 1.54. The zero-order valence-electron chi connectivity index (χ0n) is 11.6. The van der Waals surface area contributed by atoms with Gasteiger partial charge in [0.05, 0.1) is 5.60 Å². The summed E-state index contributed by atoms with van der Waals surface area (Å²) in [5.74, 6) is 0. The molecule has 3 aliphatic rings. The van der Waals surface area contributed by atoms with Crippen LogP contribution in [0.3, 0.4) is 0 Å². The van der Waals surface area contributed by atoms with Gasteiger partial charge in [-0.15, -0.1) is 0 Å². The second kappa shape index (κ2) is 5.72. The third-order valence-electron chi connectivity index (χ3n) is 5.21. The van der Waals surface area contributed by atoms with Crippen molar-refractivity contribution in [2.45, 2.75) is 80.7 Å². The fraction of sp³-hybridized carbons (Fsp3) is 1.00. The molecule has 3 unspecified atom stereocenters. The Labute approximate surface area is 116 Å². The van der Waals surface area contributed by atoms with Gasteiger partial charge in [0.25, 0.3) is 0 Å². The first-order valence-corrected chi connectivity index (χ1v) is 9.03. The summed E-state index contributed by atoms with van der Waals surface area (Å²) in [6.45, 7) is 0.980. The van der Waals surface area contributed by atoms with Crippen LogP contribution in [0, 0.1) is 0 Å². The smallest absolute Gasteiger partial charge is 0.0697 e. The van der Waals surface area contributed by atoms with E-state index in [4.69, 9.17) is 4.74 Å². The molecule has 0 radical (unpaired) electrons. The van der Waals surface area contributed by atoms with E-state index in [1.807, 2.05) is 0 Å². The lowest BCUT2D eigenvalue weighted by Crippen LogP contribution is -2.54. The molecule has 3 fully saturated rings. The van der Waals surface area contributed by atoms with E-state index < -0.39 is 0 Å². The van der Waals surface area contributed by atoms with Gasteiger partial charge >= 0.3 is 0 Å². The van der Waals surface area contributed by atoms with E-state index in [1.165, 1.54) is 57.8 Å². The van der Waals surface area contributed by atoms with Crippen molar-refractivity contribution < 1.29 is 4.74 Å². The third kappa shape index (κ3) is 2.73. The van der Waals surface area contributed by atoms with E-state index in [0.717, 1.165) is 23.9 Å². The second-order valence-electron chi connectivity index (χ2n) is 6.41. The van der Waals surface area contributed by atoms with Crippen molar-refractivity contribution in [3.8, 4) is 0 Å². The van der Waals surface area contributed by atoms with E-state index in [2.05, 4.69) is 23.3 Å². The van der Waals surface area contributed by atoms with Crippen LogP contribution < -0.4 is 5.32 Å². The lowest BCUT2D eigenvalue weighted by molar-refractivity contribution is -0.136. The average molecular weight is 269 g/mol. The lowest BCUT2D eigenvalue weighted by atomic mass is 9.73. The SMILES string of the molecule is CSC1CCCCC1NC1CCOC2(CCC2)C1. The van der Waals surface area contributed by atoms with E-state index in [9.17, 15) is 0 Å². The van der Waals surface area contributed by atoms with Crippen molar-refractivity contribution in [1.82, 2.24) is 5.32 Å². The first-order valence-electron chi connectivity index (χ1n) is 7.74. The molecular formula is C15H27NOS. The Hall–Kier alpha value is 0.270. The summed E-state index contributed by atoms with van der Waals surface area (Å²) in [7, 11) is 0. The minimum absolute atomic E-state index is 0.291. The molecule has 2 aliphatic carbocycles. The molecule has 0 bridgehead atoms. The standard InChI is InChI=1S/C15H27NOS/c1-18-14-6-3-2-5-13(14)16-12-7-10-17-15(11-12)8-4-9-15/h12-14,16H,2-11H2,1H3. The molecule has 2 nitrogen and oxygen atoms in total. The zero-order valence-corrected chi connectivity index (χ0v) is 12.4. The normalized spacial score (nSPS) is 39.5. The molecule has 1 saturated heterocycles. The first-order chi connectivity index (χ1) is 8.81. The first kappa shape index (κ1) is 13.3. The lowest BCUT2D eigenvalue weighted by Gasteiger charge is -2.48. The van der Waals surface area contributed by atoms with Gasteiger partial charge < -0.3 is 10.1 Å². The molecule has 1 spiro atoms. The van der Waals surface area contributed by atoms with Crippen LogP contribution in [0.4, 0.5) is 0 Å². The molecule has 0 aromatic carbocycles. The molecular weight excluding hydrogens is 242 g/mol. The summed E-state index contributed by atoms with van der Waals surface area (Å²) in [5, 5.41) is 4.83. The van der Waals surface area contributed by atoms with E-state index in [1.54, 1.807) is 0 Å². The van der Waals surface area contributed by atoms with Crippen LogP contribution in [-0.4, -0.2) is 35.8 Å². The molecule has 3 heteroatoms. The van der Waals surface area contributed by atoms with Crippen LogP contribution in [0.5, 0.6) is 0 Å². The molecule has 18 heavy (non-hydrogen) atoms. The summed E-state index contributed by atoms with van der Waals surface area (Å²) in [4.78, 5) is 0. The van der Waals surface area contributed by atoms with E-state index >= 15 is 0 Å². The van der Waals surface area contributed by atoms with Gasteiger partial charge in [-0.2, -0.15) is 11.8 Å². The van der Waals surface area contributed by atoms with Gasteiger partial charge in [0, 0.05) is 23.9 Å². The molecule has 0 amide bonds. The average Bonchev–Trinajstić information content (AvgIpc) is 2.38. The van der Waals surface area contributed by atoms with Crippen molar-refractivity contribution in [3.63, 3.8) is 0 Å². The minimum atomic E-state index is 0.291. The minimum Gasteiger partial charge on any atom is -0.375 e. The predicted octanol–water partition coefficient (Wildman–Crippen LogP) is 3.35. The van der Waals surface area contributed by atoms with Gasteiger partial charge in [-0.25, -0.2) is 0 Å². The van der Waals surface area contributed by atoms with Crippen LogP contribution in [-0.2, 0) is 4.74 Å². The van der Waals surface area contributed by atoms with Crippen molar-refractivity contribution in [1.29, 1.82) is 0 Å². The summed E-state index contributed by atoms with van der Waals surface area (Å²) < 4.78 is 6.03. The van der Waals surface area contributed by atoms with Crippen molar-refractivity contribution in [2.75, 3.05) is 12.9 Å². The highest BCUT2D eigenvalue weighted by atomic mass is 32.2. The van der Waals surface area contributed by atoms with Crippen molar-refractivity contribution in [3.05, 3.63) is 0 Å². The van der Waals surface area contributed by atoms with Crippen LogP contribution in [0.1, 0.15) is 57.8 Å². The fourth-order valence-electron chi connectivity index (χ4n) is 3.96. The van der Waals surface area contributed by atoms with Gasteiger partial charge in [0.2, 0.25) is 0 Å². The third-order valence-corrected chi connectivity index (χ3v) is 6.38. The Morgan fingerprint density at radius 1 is 1.11 bits per heavy atom. The summed E-state index contributed by atoms with van der Waals surface area (Å²) in [6.07, 6.45) is 14.4. The number of hydrogen-bond donors (Lipinski definition) is 1. The van der Waals surface area contributed by atoms with Gasteiger partial charge in [0.1, 0.15) is 0 Å².